The van der Waals surface area contributed by atoms with E-state index in [9.17, 15) is 26.8 Å². The predicted molar refractivity (Wildman–Crippen MR) is 104 cm³/mol. The van der Waals surface area contributed by atoms with Gasteiger partial charge in [-0.2, -0.15) is 21.4 Å². The predicted octanol–water partition coefficient (Wildman–Crippen LogP) is 3.70. The lowest BCUT2D eigenvalue weighted by Gasteiger charge is -2.21. The zero-order valence-electron chi connectivity index (χ0n) is 15.9. The van der Waals surface area contributed by atoms with Crippen LogP contribution in [0.2, 0.25) is 0 Å². The summed E-state index contributed by atoms with van der Waals surface area (Å²) in [5.74, 6) is -1.18. The second kappa shape index (κ2) is 9.14. The highest BCUT2D eigenvalue weighted by molar-refractivity contribution is 7.89. The third-order valence-corrected chi connectivity index (χ3v) is 4.69. The summed E-state index contributed by atoms with van der Waals surface area (Å²) in [5, 5.41) is 9.57. The minimum Gasteiger partial charge on any atom is -0.478 e. The molecule has 2 aromatic rings. The Hall–Kier alpha value is -3.11. The Morgan fingerprint density at radius 3 is 1.97 bits per heavy atom. The number of halogens is 2. The van der Waals surface area contributed by atoms with E-state index in [1.54, 1.807) is 0 Å². The second-order valence-corrected chi connectivity index (χ2v) is 8.00. The minimum absolute atomic E-state index is 0.284. The van der Waals surface area contributed by atoms with Crippen molar-refractivity contribution in [2.45, 2.75) is 26.1 Å². The number of rotatable bonds is 9. The molecule has 30 heavy (non-hydrogen) atoms. The van der Waals surface area contributed by atoms with E-state index in [1.807, 2.05) is 0 Å². The number of carboxylic acids is 1. The summed E-state index contributed by atoms with van der Waals surface area (Å²) in [5.41, 5.74) is -0.444. The molecule has 0 aliphatic heterocycles. The zero-order valence-corrected chi connectivity index (χ0v) is 16.7. The molecule has 0 heterocycles. The summed E-state index contributed by atoms with van der Waals surface area (Å²) in [4.78, 5) is 23.7. The smallest absolute Gasteiger partial charge is 0.359 e. The minimum atomic E-state index is -4.52. The lowest BCUT2D eigenvalue weighted by molar-refractivity contribution is -0.152. The largest absolute Gasteiger partial charge is 0.478 e. The molecule has 0 atom stereocenters. The number of ether oxygens (including phenoxy) is 1. The lowest BCUT2D eigenvalue weighted by atomic mass is 10.0. The third kappa shape index (κ3) is 6.46. The van der Waals surface area contributed by atoms with Crippen LogP contribution in [0.5, 0.6) is 5.75 Å². The fourth-order valence-electron chi connectivity index (χ4n) is 2.22. The van der Waals surface area contributed by atoms with E-state index in [-0.39, 0.29) is 11.5 Å². The summed E-state index contributed by atoms with van der Waals surface area (Å²) in [6.07, 6.45) is 1.06. The summed E-state index contributed by atoms with van der Waals surface area (Å²) in [7, 11) is -4.52. The molecule has 2 rings (SSSR count). The normalized spacial score (nSPS) is 12.3. The Morgan fingerprint density at radius 2 is 1.50 bits per heavy atom. The first-order valence-electron chi connectivity index (χ1n) is 8.46. The number of benzene rings is 2. The zero-order chi connectivity index (χ0) is 22.5. The van der Waals surface area contributed by atoms with Crippen LogP contribution in [0, 0.1) is 0 Å². The molecule has 0 saturated heterocycles. The fraction of sp³-hybridized carbons (Fsp3) is 0.200. The fourth-order valence-corrected chi connectivity index (χ4v) is 2.81. The second-order valence-electron chi connectivity index (χ2n) is 6.55. The molecule has 10 heteroatoms. The molecule has 0 unspecified atom stereocenters. The van der Waals surface area contributed by atoms with Gasteiger partial charge in [-0.3, -0.25) is 4.79 Å². The Bertz CT molecular complexity index is 1040. The molecule has 0 fully saturated rings. The highest BCUT2D eigenvalue weighted by atomic mass is 32.2. The van der Waals surface area contributed by atoms with E-state index >= 15 is 0 Å². The highest BCUT2D eigenvalue weighted by Crippen LogP contribution is 2.21. The molecule has 0 saturated carbocycles. The molecule has 1 N–H and O–H groups in total. The van der Waals surface area contributed by atoms with Gasteiger partial charge in [0, 0.05) is 11.1 Å². The van der Waals surface area contributed by atoms with E-state index in [0.717, 1.165) is 6.08 Å². The Kier molecular flexibility index (Phi) is 7.06. The Morgan fingerprint density at radius 1 is 1.00 bits per heavy atom. The van der Waals surface area contributed by atoms with Crippen LogP contribution in [0.1, 0.15) is 35.3 Å². The van der Waals surface area contributed by atoms with Crippen molar-refractivity contribution < 1.29 is 40.8 Å². The maximum Gasteiger partial charge on any atom is 0.359 e. The van der Waals surface area contributed by atoms with Crippen molar-refractivity contribution in [3.63, 3.8) is 0 Å². The van der Waals surface area contributed by atoms with Crippen LogP contribution in [0.25, 0.3) is 6.08 Å². The van der Waals surface area contributed by atoms with Crippen molar-refractivity contribution >= 4 is 27.9 Å². The third-order valence-electron chi connectivity index (χ3n) is 3.81. The van der Waals surface area contributed by atoms with Crippen LogP contribution < -0.4 is 4.74 Å². The van der Waals surface area contributed by atoms with Crippen molar-refractivity contribution in [3.05, 3.63) is 70.6 Å². The average molecular weight is 440 g/mol. The van der Waals surface area contributed by atoms with Gasteiger partial charge in [-0.05, 0) is 49.8 Å². The van der Waals surface area contributed by atoms with Gasteiger partial charge in [0.2, 0.25) is 0 Å². The quantitative estimate of drug-likeness (QED) is 0.468. The lowest BCUT2D eigenvalue weighted by Crippen LogP contribution is -2.37. The number of ketones is 1. The molecular formula is C20H18F2O7S. The molecule has 2 aromatic carbocycles. The van der Waals surface area contributed by atoms with E-state index in [2.05, 4.69) is 4.18 Å². The summed E-state index contributed by atoms with van der Waals surface area (Å²) < 4.78 is 55.3. The molecule has 0 aromatic heterocycles. The Labute approximate surface area is 171 Å². The van der Waals surface area contributed by atoms with Crippen LogP contribution in [0.15, 0.2) is 53.9 Å². The first-order chi connectivity index (χ1) is 13.9. The van der Waals surface area contributed by atoms with Gasteiger partial charge in [0.15, 0.2) is 11.4 Å². The summed E-state index contributed by atoms with van der Waals surface area (Å²) in [6.45, 7) is -0.656. The first-order valence-corrected chi connectivity index (χ1v) is 9.93. The molecule has 0 aliphatic carbocycles. The standard InChI is InChI=1S/C20H18F2O7S/c1-20(2,18(24)25)28-16-9-7-15(8-10-16)17(23)14-5-3-13(4-6-14)11-12-30(26,27)29-19(21)22/h3-12,19H,1-2H3,(H,24,25)/b12-11+. The van der Waals surface area contributed by atoms with Crippen molar-refractivity contribution in [2.75, 3.05) is 0 Å². The van der Waals surface area contributed by atoms with Gasteiger partial charge in [0.1, 0.15) is 5.75 Å². The van der Waals surface area contributed by atoms with E-state index in [4.69, 9.17) is 9.84 Å². The SMILES string of the molecule is CC(C)(Oc1ccc(C(=O)c2ccc(/C=C/S(=O)(=O)OC(F)F)cc2)cc1)C(=O)O. The van der Waals surface area contributed by atoms with Crippen molar-refractivity contribution in [1.82, 2.24) is 0 Å². The van der Waals surface area contributed by atoms with Crippen molar-refractivity contribution in [3.8, 4) is 5.75 Å². The van der Waals surface area contributed by atoms with Gasteiger partial charge in [-0.25, -0.2) is 4.79 Å². The van der Waals surface area contributed by atoms with E-state index in [0.29, 0.717) is 22.1 Å². The number of carbonyl (C=O) groups excluding carboxylic acids is 1. The van der Waals surface area contributed by atoms with Crippen LogP contribution in [-0.2, 0) is 19.1 Å². The van der Waals surface area contributed by atoms with Crippen LogP contribution in [0.3, 0.4) is 0 Å². The highest BCUT2D eigenvalue weighted by Gasteiger charge is 2.29. The summed E-state index contributed by atoms with van der Waals surface area (Å²) >= 11 is 0. The van der Waals surface area contributed by atoms with Crippen molar-refractivity contribution in [1.29, 1.82) is 0 Å². The molecule has 0 amide bonds. The number of hydrogen-bond donors (Lipinski definition) is 1. The first kappa shape index (κ1) is 23.2. The number of alkyl halides is 2. The molecule has 7 nitrogen and oxygen atoms in total. The van der Waals surface area contributed by atoms with Gasteiger partial charge < -0.3 is 9.84 Å². The van der Waals surface area contributed by atoms with Crippen molar-refractivity contribution in [2.24, 2.45) is 0 Å². The van der Waals surface area contributed by atoms with Gasteiger partial charge >= 0.3 is 12.6 Å². The van der Waals surface area contributed by atoms with Gasteiger partial charge in [0.25, 0.3) is 10.1 Å². The molecule has 0 bridgehead atoms. The average Bonchev–Trinajstić information content (AvgIpc) is 2.65. The van der Waals surface area contributed by atoms with Gasteiger partial charge in [-0.15, -0.1) is 0 Å². The number of carboxylic acid groups (broad SMARTS) is 1. The maximum atomic E-state index is 12.5. The van der Waals surface area contributed by atoms with Crippen LogP contribution in [0.4, 0.5) is 8.78 Å². The van der Waals surface area contributed by atoms with E-state index in [1.165, 1.54) is 62.4 Å². The summed E-state index contributed by atoms with van der Waals surface area (Å²) in [6, 6.07) is 11.7. The molecule has 0 aliphatic rings. The number of carbonyl (C=O) groups is 2. The molecule has 0 radical (unpaired) electrons. The molecule has 0 spiro atoms. The van der Waals surface area contributed by atoms with Crippen LogP contribution in [-0.4, -0.2) is 37.5 Å². The molecule has 160 valence electrons. The van der Waals surface area contributed by atoms with Gasteiger partial charge in [-0.1, -0.05) is 24.3 Å². The van der Waals surface area contributed by atoms with Crippen LogP contribution >= 0.6 is 0 Å². The Balaban J connectivity index is 2.10. The maximum absolute atomic E-state index is 12.5. The topological polar surface area (TPSA) is 107 Å². The number of hydrogen-bond acceptors (Lipinski definition) is 6. The van der Waals surface area contributed by atoms with E-state index < -0.39 is 28.3 Å². The monoisotopic (exact) mass is 440 g/mol. The molecular weight excluding hydrogens is 422 g/mol. The number of aliphatic carboxylic acids is 1. The van der Waals surface area contributed by atoms with Gasteiger partial charge in [0.05, 0.1) is 5.41 Å².